The first-order valence-corrected chi connectivity index (χ1v) is 13.0. The first-order valence-electron chi connectivity index (χ1n) is 13.0. The first kappa shape index (κ1) is 24.8. The van der Waals surface area contributed by atoms with Crippen molar-refractivity contribution in [3.8, 4) is 11.5 Å². The number of benzene rings is 2. The molecule has 2 aliphatic heterocycles. The largest absolute Gasteiger partial charge is 0.493 e. The lowest BCUT2D eigenvalue weighted by Gasteiger charge is -2.26. The SMILES string of the molecule is COc1cc(Nc2nccc(Nc3ccc4c(c3)CCC(=O)N4)n2)ccc1OCCCN1CCCCC1. The van der Waals surface area contributed by atoms with Crippen LogP contribution < -0.4 is 25.4 Å². The van der Waals surface area contributed by atoms with Crippen molar-refractivity contribution in [1.82, 2.24) is 14.9 Å². The number of rotatable bonds is 10. The lowest BCUT2D eigenvalue weighted by Crippen LogP contribution is -2.31. The van der Waals surface area contributed by atoms with Gasteiger partial charge in [-0.05, 0) is 80.7 Å². The smallest absolute Gasteiger partial charge is 0.229 e. The second-order valence-electron chi connectivity index (χ2n) is 9.41. The fourth-order valence-electron chi connectivity index (χ4n) is 4.74. The first-order chi connectivity index (χ1) is 18.2. The molecule has 9 nitrogen and oxygen atoms in total. The predicted octanol–water partition coefficient (Wildman–Crippen LogP) is 5.11. The van der Waals surface area contributed by atoms with Crippen LogP contribution in [0.2, 0.25) is 0 Å². The lowest BCUT2D eigenvalue weighted by atomic mass is 10.0. The Kier molecular flexibility index (Phi) is 8.00. The molecule has 0 spiro atoms. The predicted molar refractivity (Wildman–Crippen MR) is 145 cm³/mol. The van der Waals surface area contributed by atoms with E-state index in [0.717, 1.165) is 47.8 Å². The molecule has 0 aliphatic carbocycles. The summed E-state index contributed by atoms with van der Waals surface area (Å²) in [4.78, 5) is 23.1. The Morgan fingerprint density at radius 3 is 2.68 bits per heavy atom. The molecule has 3 heterocycles. The number of carbonyl (C=O) groups excluding carboxylic acids is 1. The summed E-state index contributed by atoms with van der Waals surface area (Å²) < 4.78 is 11.6. The summed E-state index contributed by atoms with van der Waals surface area (Å²) in [5, 5.41) is 9.47. The molecule has 3 N–H and O–H groups in total. The van der Waals surface area contributed by atoms with Crippen molar-refractivity contribution >= 4 is 34.7 Å². The molecule has 1 saturated heterocycles. The minimum atomic E-state index is 0.0591. The third-order valence-electron chi connectivity index (χ3n) is 6.67. The Labute approximate surface area is 217 Å². The lowest BCUT2D eigenvalue weighted by molar-refractivity contribution is -0.116. The average Bonchev–Trinajstić information content (AvgIpc) is 2.92. The van der Waals surface area contributed by atoms with E-state index in [1.54, 1.807) is 13.3 Å². The number of hydrogen-bond donors (Lipinski definition) is 3. The highest BCUT2D eigenvalue weighted by Gasteiger charge is 2.15. The van der Waals surface area contributed by atoms with Crippen LogP contribution in [-0.2, 0) is 11.2 Å². The normalized spacial score (nSPS) is 15.4. The molecule has 5 rings (SSSR count). The number of fused-ring (bicyclic) bond motifs is 1. The van der Waals surface area contributed by atoms with Gasteiger partial charge in [0.15, 0.2) is 11.5 Å². The summed E-state index contributed by atoms with van der Waals surface area (Å²) >= 11 is 0. The van der Waals surface area contributed by atoms with Gasteiger partial charge in [-0.3, -0.25) is 4.79 Å². The zero-order chi connectivity index (χ0) is 25.5. The van der Waals surface area contributed by atoms with Gasteiger partial charge < -0.3 is 30.3 Å². The third-order valence-corrected chi connectivity index (χ3v) is 6.67. The molecule has 0 saturated carbocycles. The van der Waals surface area contributed by atoms with Crippen LogP contribution in [-0.4, -0.2) is 54.1 Å². The van der Waals surface area contributed by atoms with Crippen LogP contribution in [0, 0.1) is 0 Å². The molecule has 37 heavy (non-hydrogen) atoms. The maximum Gasteiger partial charge on any atom is 0.229 e. The van der Waals surface area contributed by atoms with Crippen LogP contribution in [0.1, 0.15) is 37.7 Å². The second kappa shape index (κ2) is 11.9. The highest BCUT2D eigenvalue weighted by Crippen LogP contribution is 2.32. The molecular formula is C28H34N6O3. The van der Waals surface area contributed by atoms with Gasteiger partial charge in [-0.1, -0.05) is 6.42 Å². The Bertz CT molecular complexity index is 1230. The number of nitrogens with one attached hydrogen (secondary N) is 3. The second-order valence-corrected chi connectivity index (χ2v) is 9.41. The number of anilines is 5. The van der Waals surface area contributed by atoms with Crippen molar-refractivity contribution in [3.63, 3.8) is 0 Å². The van der Waals surface area contributed by atoms with Crippen molar-refractivity contribution in [2.75, 3.05) is 49.3 Å². The quantitative estimate of drug-likeness (QED) is 0.329. The number of carbonyl (C=O) groups is 1. The van der Waals surface area contributed by atoms with Crippen LogP contribution in [0.3, 0.4) is 0 Å². The topological polar surface area (TPSA) is 101 Å². The molecule has 194 valence electrons. The maximum absolute atomic E-state index is 11.6. The summed E-state index contributed by atoms with van der Waals surface area (Å²) in [6.07, 6.45) is 7.90. The van der Waals surface area contributed by atoms with E-state index in [2.05, 4.69) is 30.8 Å². The zero-order valence-electron chi connectivity index (χ0n) is 21.3. The molecule has 3 aromatic rings. The van der Waals surface area contributed by atoms with Gasteiger partial charge in [0.25, 0.3) is 0 Å². The molecule has 1 fully saturated rings. The highest BCUT2D eigenvalue weighted by molar-refractivity contribution is 5.94. The van der Waals surface area contributed by atoms with E-state index in [-0.39, 0.29) is 5.91 Å². The molecule has 9 heteroatoms. The van der Waals surface area contributed by atoms with E-state index in [4.69, 9.17) is 9.47 Å². The van der Waals surface area contributed by atoms with Crippen LogP contribution in [0.15, 0.2) is 48.7 Å². The van der Waals surface area contributed by atoms with E-state index in [0.29, 0.717) is 30.5 Å². The van der Waals surface area contributed by atoms with Gasteiger partial charge in [-0.2, -0.15) is 4.98 Å². The van der Waals surface area contributed by atoms with Gasteiger partial charge >= 0.3 is 0 Å². The van der Waals surface area contributed by atoms with E-state index in [1.807, 2.05) is 42.5 Å². The number of amides is 1. The monoisotopic (exact) mass is 502 g/mol. The van der Waals surface area contributed by atoms with Crippen molar-refractivity contribution in [2.45, 2.75) is 38.5 Å². The average molecular weight is 503 g/mol. The molecule has 0 atom stereocenters. The number of ether oxygens (including phenoxy) is 2. The number of methoxy groups -OCH3 is 1. The fourth-order valence-corrected chi connectivity index (χ4v) is 4.74. The van der Waals surface area contributed by atoms with E-state index >= 15 is 0 Å². The molecule has 0 radical (unpaired) electrons. The molecular weight excluding hydrogens is 468 g/mol. The van der Waals surface area contributed by atoms with Crippen molar-refractivity contribution < 1.29 is 14.3 Å². The van der Waals surface area contributed by atoms with Crippen LogP contribution in [0.25, 0.3) is 0 Å². The highest BCUT2D eigenvalue weighted by atomic mass is 16.5. The van der Waals surface area contributed by atoms with Gasteiger partial charge in [0.05, 0.1) is 13.7 Å². The molecule has 1 aromatic heterocycles. The summed E-state index contributed by atoms with van der Waals surface area (Å²) in [6, 6.07) is 13.4. The summed E-state index contributed by atoms with van der Waals surface area (Å²) in [5.41, 5.74) is 3.69. The Morgan fingerprint density at radius 1 is 0.973 bits per heavy atom. The standard InChI is InChI=1S/C28H34N6O3/c1-36-25-19-22(8-10-24(25)37-17-5-16-34-14-3-2-4-15-34)31-28-29-13-12-26(33-28)30-21-7-9-23-20(18-21)6-11-27(35)32-23/h7-10,12-13,18-19H,2-6,11,14-17H2,1H3,(H,32,35)(H2,29,30,31,33). The van der Waals surface area contributed by atoms with Crippen LogP contribution in [0.4, 0.5) is 28.8 Å². The Hall–Kier alpha value is -3.85. The summed E-state index contributed by atoms with van der Waals surface area (Å²) in [7, 11) is 1.64. The van der Waals surface area contributed by atoms with Crippen LogP contribution in [0.5, 0.6) is 11.5 Å². The van der Waals surface area contributed by atoms with E-state index < -0.39 is 0 Å². The van der Waals surface area contributed by atoms with Crippen LogP contribution >= 0.6 is 0 Å². The molecule has 0 unspecified atom stereocenters. The zero-order valence-corrected chi connectivity index (χ0v) is 21.3. The number of aromatic nitrogens is 2. The van der Waals surface area contributed by atoms with E-state index in [9.17, 15) is 4.79 Å². The maximum atomic E-state index is 11.6. The summed E-state index contributed by atoms with van der Waals surface area (Å²) in [6.45, 7) is 4.14. The molecule has 0 bridgehead atoms. The molecule has 2 aromatic carbocycles. The molecule has 1 amide bonds. The van der Waals surface area contributed by atoms with Gasteiger partial charge in [0.2, 0.25) is 11.9 Å². The number of likely N-dealkylation sites (tertiary alicyclic amines) is 1. The molecule has 2 aliphatic rings. The number of hydrogen-bond acceptors (Lipinski definition) is 8. The van der Waals surface area contributed by atoms with Gasteiger partial charge in [-0.25, -0.2) is 4.98 Å². The van der Waals surface area contributed by atoms with Crippen molar-refractivity contribution in [2.24, 2.45) is 0 Å². The van der Waals surface area contributed by atoms with Gasteiger partial charge in [0.1, 0.15) is 5.82 Å². The minimum absolute atomic E-state index is 0.0591. The van der Waals surface area contributed by atoms with Gasteiger partial charge in [-0.15, -0.1) is 0 Å². The number of piperidine rings is 1. The van der Waals surface area contributed by atoms with E-state index in [1.165, 1.54) is 32.4 Å². The number of aryl methyl sites for hydroxylation is 1. The fraction of sp³-hybridized carbons (Fsp3) is 0.393. The minimum Gasteiger partial charge on any atom is -0.493 e. The van der Waals surface area contributed by atoms with Crippen molar-refractivity contribution in [1.29, 1.82) is 0 Å². The third kappa shape index (κ3) is 6.68. The Morgan fingerprint density at radius 2 is 1.81 bits per heavy atom. The summed E-state index contributed by atoms with van der Waals surface area (Å²) in [5.74, 6) is 2.58. The Balaban J connectivity index is 1.17. The van der Waals surface area contributed by atoms with Crippen molar-refractivity contribution in [3.05, 3.63) is 54.2 Å². The van der Waals surface area contributed by atoms with Gasteiger partial charge in [0, 0.05) is 42.3 Å². The number of nitrogens with zero attached hydrogens (tertiary/aromatic N) is 3.